The number of hydrogen-bond donors (Lipinski definition) is 2. The third kappa shape index (κ3) is 4.50. The molecule has 4 rings (SSSR count). The van der Waals surface area contributed by atoms with Gasteiger partial charge < -0.3 is 20.6 Å². The number of ether oxygens (including phenoxy) is 1. The average Bonchev–Trinajstić information content (AvgIpc) is 3.12. The molecule has 6 heteroatoms. The first-order valence-electron chi connectivity index (χ1n) is 9.51. The molecule has 0 saturated carbocycles. The van der Waals surface area contributed by atoms with Crippen LogP contribution in [0.4, 0.5) is 4.79 Å². The van der Waals surface area contributed by atoms with E-state index in [0.717, 1.165) is 28.7 Å². The number of aliphatic carboxylic acids is 1. The predicted octanol–water partition coefficient (Wildman–Crippen LogP) is 3.36. The lowest BCUT2D eigenvalue weighted by Gasteiger charge is -2.15. The molecule has 1 amide bonds. The molecule has 154 valence electrons. The molecule has 0 heterocycles. The zero-order valence-corrected chi connectivity index (χ0v) is 16.3. The van der Waals surface area contributed by atoms with Gasteiger partial charge in [-0.2, -0.15) is 0 Å². The largest absolute Gasteiger partial charge is 0.480 e. The Labute approximate surface area is 174 Å². The molecule has 1 atom stereocenters. The third-order valence-corrected chi connectivity index (χ3v) is 5.18. The van der Waals surface area contributed by atoms with Gasteiger partial charge in [-0.1, -0.05) is 72.8 Å². The van der Waals surface area contributed by atoms with Crippen molar-refractivity contribution in [1.82, 2.24) is 5.32 Å². The molecule has 3 aromatic rings. The lowest BCUT2D eigenvalue weighted by Crippen LogP contribution is -2.42. The van der Waals surface area contributed by atoms with Crippen LogP contribution in [-0.2, 0) is 29.0 Å². The second-order valence-corrected chi connectivity index (χ2v) is 7.08. The Morgan fingerprint density at radius 1 is 0.933 bits per heavy atom. The van der Waals surface area contributed by atoms with Crippen molar-refractivity contribution >= 4 is 12.1 Å². The molecule has 3 aromatic carbocycles. The van der Waals surface area contributed by atoms with Crippen LogP contribution in [0.3, 0.4) is 0 Å². The number of rotatable bonds is 6. The van der Waals surface area contributed by atoms with E-state index < -0.39 is 18.1 Å². The second kappa shape index (κ2) is 9.24. The summed E-state index contributed by atoms with van der Waals surface area (Å²) in [4.78, 5) is 23.8. The van der Waals surface area contributed by atoms with E-state index in [1.54, 1.807) is 0 Å². The molecule has 0 aromatic heterocycles. The Kier molecular flexibility index (Phi) is 6.49. The van der Waals surface area contributed by atoms with E-state index in [4.69, 9.17) is 4.74 Å². The Morgan fingerprint density at radius 3 is 2.40 bits per heavy atom. The van der Waals surface area contributed by atoms with E-state index in [1.807, 2.05) is 54.6 Å². The fourth-order valence-corrected chi connectivity index (χ4v) is 3.74. The van der Waals surface area contributed by atoms with Crippen molar-refractivity contribution in [3.05, 3.63) is 95.1 Å². The second-order valence-electron chi connectivity index (χ2n) is 7.08. The third-order valence-electron chi connectivity index (χ3n) is 5.18. The maximum Gasteiger partial charge on any atom is 0.408 e. The first-order chi connectivity index (χ1) is 14.1. The van der Waals surface area contributed by atoms with Crippen molar-refractivity contribution in [1.29, 1.82) is 0 Å². The number of hydrogen-bond acceptors (Lipinski definition) is 3. The molecule has 0 unspecified atom stereocenters. The molecule has 0 saturated heterocycles. The van der Waals surface area contributed by atoms with Crippen LogP contribution in [0.2, 0.25) is 0 Å². The quantitative estimate of drug-likeness (QED) is 0.513. The smallest absolute Gasteiger partial charge is 0.408 e. The molecule has 1 aliphatic rings. The van der Waals surface area contributed by atoms with Crippen LogP contribution >= 0.6 is 0 Å². The molecular weight excluding hydrogens is 382 g/mol. The van der Waals surface area contributed by atoms with E-state index in [-0.39, 0.29) is 18.5 Å². The standard InChI is InChI=1S/C24H21NO4.H2O/c26-23(27)22(13-16-7-2-1-3-8-16)25-24(28)29-15-18-10-6-12-20-19-11-5-4-9-17(19)14-21(18)20;/h1-12,22H,13-15H2,(H,25,28)(H,26,27);1H2/t22-;/m0./s1. The number of carboxylic acids is 1. The van der Waals surface area contributed by atoms with Crippen LogP contribution < -0.4 is 5.32 Å². The number of carbonyl (C=O) groups excluding carboxylic acids is 1. The minimum absolute atomic E-state index is 0. The number of fused-ring (bicyclic) bond motifs is 3. The molecule has 6 nitrogen and oxygen atoms in total. The van der Waals surface area contributed by atoms with Gasteiger partial charge in [-0.3, -0.25) is 0 Å². The van der Waals surface area contributed by atoms with Crippen molar-refractivity contribution in [2.75, 3.05) is 0 Å². The van der Waals surface area contributed by atoms with E-state index in [9.17, 15) is 14.7 Å². The van der Waals surface area contributed by atoms with E-state index >= 15 is 0 Å². The van der Waals surface area contributed by atoms with Gasteiger partial charge in [0.25, 0.3) is 0 Å². The summed E-state index contributed by atoms with van der Waals surface area (Å²) in [6.07, 6.45) is 0.265. The van der Waals surface area contributed by atoms with Gasteiger partial charge in [0.15, 0.2) is 0 Å². The van der Waals surface area contributed by atoms with Crippen LogP contribution in [0, 0.1) is 0 Å². The predicted molar refractivity (Wildman–Crippen MR) is 113 cm³/mol. The Hall–Kier alpha value is -3.64. The van der Waals surface area contributed by atoms with Crippen LogP contribution in [0.25, 0.3) is 11.1 Å². The first kappa shape index (κ1) is 21.1. The van der Waals surface area contributed by atoms with Gasteiger partial charge in [-0.15, -0.1) is 0 Å². The topological polar surface area (TPSA) is 107 Å². The summed E-state index contributed by atoms with van der Waals surface area (Å²) in [6, 6.07) is 22.3. The Bertz CT molecular complexity index is 1050. The zero-order valence-electron chi connectivity index (χ0n) is 16.3. The fraction of sp³-hybridized carbons (Fsp3) is 0.167. The molecule has 1 aliphatic carbocycles. The number of carboxylic acid groups (broad SMARTS) is 1. The highest BCUT2D eigenvalue weighted by Crippen LogP contribution is 2.38. The van der Waals surface area contributed by atoms with Crippen LogP contribution in [0.5, 0.6) is 0 Å². The zero-order chi connectivity index (χ0) is 20.2. The van der Waals surface area contributed by atoms with Crippen molar-refractivity contribution in [2.45, 2.75) is 25.5 Å². The van der Waals surface area contributed by atoms with Crippen LogP contribution in [-0.4, -0.2) is 28.7 Å². The van der Waals surface area contributed by atoms with E-state index in [0.29, 0.717) is 0 Å². The SMILES string of the molecule is O.O=C(N[C@@H](Cc1ccccc1)C(=O)O)OCc1cccc2c1Cc1ccccc1-2. The first-order valence-corrected chi connectivity index (χ1v) is 9.51. The van der Waals surface area contributed by atoms with E-state index in [2.05, 4.69) is 23.5 Å². The molecule has 0 fully saturated rings. The molecule has 30 heavy (non-hydrogen) atoms. The summed E-state index contributed by atoms with van der Waals surface area (Å²) in [6.45, 7) is 0.0979. The highest BCUT2D eigenvalue weighted by atomic mass is 16.5. The number of alkyl carbamates (subject to hydrolysis) is 1. The van der Waals surface area contributed by atoms with Gasteiger partial charge in [0.2, 0.25) is 0 Å². The number of amides is 1. The Morgan fingerprint density at radius 2 is 1.63 bits per heavy atom. The molecule has 4 N–H and O–H groups in total. The van der Waals surface area contributed by atoms with Crippen LogP contribution in [0.1, 0.15) is 22.3 Å². The lowest BCUT2D eigenvalue weighted by atomic mass is 10.0. The molecule has 0 bridgehead atoms. The van der Waals surface area contributed by atoms with Gasteiger partial charge in [0.05, 0.1) is 0 Å². The van der Waals surface area contributed by atoms with Crippen molar-refractivity contribution in [3.8, 4) is 11.1 Å². The monoisotopic (exact) mass is 405 g/mol. The van der Waals surface area contributed by atoms with Crippen molar-refractivity contribution in [3.63, 3.8) is 0 Å². The highest BCUT2D eigenvalue weighted by Gasteiger charge is 2.23. The van der Waals surface area contributed by atoms with Gasteiger partial charge in [0, 0.05) is 6.42 Å². The minimum atomic E-state index is -1.10. The molecule has 0 spiro atoms. The van der Waals surface area contributed by atoms with Gasteiger partial charge in [-0.25, -0.2) is 9.59 Å². The highest BCUT2D eigenvalue weighted by molar-refractivity contribution is 5.80. The summed E-state index contributed by atoms with van der Waals surface area (Å²) in [7, 11) is 0. The Balaban J connectivity index is 0.00000256. The lowest BCUT2D eigenvalue weighted by molar-refractivity contribution is -0.139. The summed E-state index contributed by atoms with van der Waals surface area (Å²) in [5.41, 5.74) is 6.55. The molecule has 0 aliphatic heterocycles. The normalized spacial score (nSPS) is 12.1. The molecular formula is C24H23NO5. The van der Waals surface area contributed by atoms with Crippen LogP contribution in [0.15, 0.2) is 72.8 Å². The van der Waals surface area contributed by atoms with Gasteiger partial charge in [0.1, 0.15) is 12.6 Å². The number of nitrogens with one attached hydrogen (secondary N) is 1. The minimum Gasteiger partial charge on any atom is -0.480 e. The van der Waals surface area contributed by atoms with Gasteiger partial charge >= 0.3 is 12.1 Å². The maximum atomic E-state index is 12.2. The van der Waals surface area contributed by atoms with Crippen molar-refractivity contribution < 1.29 is 24.9 Å². The summed E-state index contributed by atoms with van der Waals surface area (Å²) in [5, 5.41) is 11.9. The molecule has 0 radical (unpaired) electrons. The summed E-state index contributed by atoms with van der Waals surface area (Å²) < 4.78 is 5.36. The van der Waals surface area contributed by atoms with E-state index in [1.165, 1.54) is 11.1 Å². The van der Waals surface area contributed by atoms with Gasteiger partial charge in [-0.05, 0) is 39.8 Å². The van der Waals surface area contributed by atoms with Crippen molar-refractivity contribution in [2.24, 2.45) is 0 Å². The average molecular weight is 405 g/mol. The number of carbonyl (C=O) groups is 2. The number of benzene rings is 3. The maximum absolute atomic E-state index is 12.2. The summed E-state index contributed by atoms with van der Waals surface area (Å²) in [5.74, 6) is -1.10. The fourth-order valence-electron chi connectivity index (χ4n) is 3.74. The summed E-state index contributed by atoms with van der Waals surface area (Å²) >= 11 is 0.